The normalized spacial score (nSPS) is 27.7. The van der Waals surface area contributed by atoms with Crippen LogP contribution in [0.3, 0.4) is 0 Å². The van der Waals surface area contributed by atoms with E-state index in [2.05, 4.69) is 25.2 Å². The molecule has 1 nitrogen and oxygen atoms in total. The third kappa shape index (κ3) is 3.56. The van der Waals surface area contributed by atoms with Crippen molar-refractivity contribution in [2.45, 2.75) is 39.0 Å². The number of halogens is 1. The maximum atomic E-state index is 13.5. The quantitative estimate of drug-likeness (QED) is 0.858. The molecular formula is C17H26FN. The summed E-state index contributed by atoms with van der Waals surface area (Å²) < 4.78 is 13.5. The Kier molecular flexibility index (Phi) is 4.98. The van der Waals surface area contributed by atoms with Gasteiger partial charge in [0.15, 0.2) is 0 Å². The standard InChI is InChI=1S/C17H26FN/c1-12(2)13-7-8-15(11-19-3)17(10-13)14-5-4-6-16(18)9-14/h4-6,9,12-13,15,17,19H,7-8,10-11H2,1-3H3. The molecule has 3 atom stereocenters. The van der Waals surface area contributed by atoms with Gasteiger partial charge in [-0.3, -0.25) is 0 Å². The number of benzene rings is 1. The highest BCUT2D eigenvalue weighted by Gasteiger charge is 2.32. The molecule has 2 heteroatoms. The number of hydrogen-bond acceptors (Lipinski definition) is 1. The van der Waals surface area contributed by atoms with E-state index in [-0.39, 0.29) is 5.82 Å². The van der Waals surface area contributed by atoms with Crippen molar-refractivity contribution in [3.05, 3.63) is 35.6 Å². The van der Waals surface area contributed by atoms with Gasteiger partial charge in [0.2, 0.25) is 0 Å². The third-order valence-electron chi connectivity index (χ3n) is 4.72. The van der Waals surface area contributed by atoms with Gasteiger partial charge in [-0.1, -0.05) is 26.0 Å². The van der Waals surface area contributed by atoms with Crippen LogP contribution in [0.25, 0.3) is 0 Å². The van der Waals surface area contributed by atoms with Crippen LogP contribution in [0.15, 0.2) is 24.3 Å². The topological polar surface area (TPSA) is 12.0 Å². The Hall–Kier alpha value is -0.890. The lowest BCUT2D eigenvalue weighted by Gasteiger charge is -2.38. The average Bonchev–Trinajstić information content (AvgIpc) is 2.39. The first-order valence-corrected chi connectivity index (χ1v) is 7.52. The summed E-state index contributed by atoms with van der Waals surface area (Å²) in [5.41, 5.74) is 1.19. The summed E-state index contributed by atoms with van der Waals surface area (Å²) in [6.07, 6.45) is 3.77. The van der Waals surface area contributed by atoms with Gasteiger partial charge in [0.05, 0.1) is 0 Å². The fourth-order valence-corrected chi connectivity index (χ4v) is 3.52. The molecule has 1 aromatic carbocycles. The molecule has 0 saturated heterocycles. The minimum Gasteiger partial charge on any atom is -0.319 e. The summed E-state index contributed by atoms with van der Waals surface area (Å²) >= 11 is 0. The molecule has 1 saturated carbocycles. The van der Waals surface area contributed by atoms with Crippen LogP contribution in [0.1, 0.15) is 44.6 Å². The summed E-state index contributed by atoms with van der Waals surface area (Å²) in [7, 11) is 2.01. The van der Waals surface area contributed by atoms with Gasteiger partial charge in [-0.05, 0) is 74.2 Å². The SMILES string of the molecule is CNCC1CCC(C(C)C)CC1c1cccc(F)c1. The highest BCUT2D eigenvalue weighted by Crippen LogP contribution is 2.42. The fraction of sp³-hybridized carbons (Fsp3) is 0.647. The maximum Gasteiger partial charge on any atom is 0.123 e. The van der Waals surface area contributed by atoms with E-state index < -0.39 is 0 Å². The summed E-state index contributed by atoms with van der Waals surface area (Å²) in [5, 5.41) is 3.30. The van der Waals surface area contributed by atoms with Crippen molar-refractivity contribution in [3.63, 3.8) is 0 Å². The van der Waals surface area contributed by atoms with Gasteiger partial charge in [-0.25, -0.2) is 4.39 Å². The monoisotopic (exact) mass is 263 g/mol. The molecule has 0 aromatic heterocycles. The van der Waals surface area contributed by atoms with E-state index in [9.17, 15) is 4.39 Å². The van der Waals surface area contributed by atoms with Gasteiger partial charge in [0, 0.05) is 0 Å². The highest BCUT2D eigenvalue weighted by atomic mass is 19.1. The van der Waals surface area contributed by atoms with Crippen LogP contribution in [0.5, 0.6) is 0 Å². The van der Waals surface area contributed by atoms with Crippen LogP contribution in [0.2, 0.25) is 0 Å². The van der Waals surface area contributed by atoms with Crippen molar-refractivity contribution in [2.24, 2.45) is 17.8 Å². The maximum absolute atomic E-state index is 13.5. The van der Waals surface area contributed by atoms with E-state index in [1.165, 1.54) is 24.8 Å². The Bertz CT molecular complexity index is 402. The summed E-state index contributed by atoms with van der Waals surface area (Å²) in [6, 6.07) is 7.22. The predicted octanol–water partition coefficient (Wildman–Crippen LogP) is 4.20. The molecular weight excluding hydrogens is 237 g/mol. The molecule has 19 heavy (non-hydrogen) atoms. The third-order valence-corrected chi connectivity index (χ3v) is 4.72. The Morgan fingerprint density at radius 2 is 2.11 bits per heavy atom. The van der Waals surface area contributed by atoms with E-state index in [1.807, 2.05) is 13.1 Å². The van der Waals surface area contributed by atoms with Crippen molar-refractivity contribution in [3.8, 4) is 0 Å². The molecule has 1 aliphatic rings. The van der Waals surface area contributed by atoms with Gasteiger partial charge in [-0.15, -0.1) is 0 Å². The van der Waals surface area contributed by atoms with E-state index >= 15 is 0 Å². The van der Waals surface area contributed by atoms with Crippen molar-refractivity contribution < 1.29 is 4.39 Å². The number of nitrogens with one attached hydrogen (secondary N) is 1. The lowest BCUT2D eigenvalue weighted by atomic mass is 9.68. The largest absolute Gasteiger partial charge is 0.319 e. The van der Waals surface area contributed by atoms with Gasteiger partial charge in [0.1, 0.15) is 5.82 Å². The van der Waals surface area contributed by atoms with Gasteiger partial charge >= 0.3 is 0 Å². The highest BCUT2D eigenvalue weighted by molar-refractivity contribution is 5.22. The Balaban J connectivity index is 2.20. The van der Waals surface area contributed by atoms with Gasteiger partial charge in [-0.2, -0.15) is 0 Å². The minimum absolute atomic E-state index is 0.104. The van der Waals surface area contributed by atoms with E-state index in [1.54, 1.807) is 12.1 Å². The molecule has 1 aliphatic carbocycles. The molecule has 1 aromatic rings. The van der Waals surface area contributed by atoms with Crippen LogP contribution in [-0.4, -0.2) is 13.6 Å². The molecule has 0 bridgehead atoms. The zero-order valence-electron chi connectivity index (χ0n) is 12.3. The van der Waals surface area contributed by atoms with Gasteiger partial charge in [0.25, 0.3) is 0 Å². The average molecular weight is 263 g/mol. The lowest BCUT2D eigenvalue weighted by Crippen LogP contribution is -2.32. The van der Waals surface area contributed by atoms with Crippen LogP contribution < -0.4 is 5.32 Å². The molecule has 0 heterocycles. The van der Waals surface area contributed by atoms with E-state index in [0.717, 1.165) is 18.4 Å². The summed E-state index contributed by atoms with van der Waals surface area (Å²) in [4.78, 5) is 0. The Labute approximate surface area is 116 Å². The second-order valence-corrected chi connectivity index (χ2v) is 6.30. The van der Waals surface area contributed by atoms with Crippen molar-refractivity contribution in [1.29, 1.82) is 0 Å². The second-order valence-electron chi connectivity index (χ2n) is 6.30. The van der Waals surface area contributed by atoms with Crippen molar-refractivity contribution in [1.82, 2.24) is 5.32 Å². The summed E-state index contributed by atoms with van der Waals surface area (Å²) in [5.74, 6) is 2.55. The van der Waals surface area contributed by atoms with Crippen molar-refractivity contribution in [2.75, 3.05) is 13.6 Å². The van der Waals surface area contributed by atoms with Crippen LogP contribution in [0, 0.1) is 23.6 Å². The lowest BCUT2D eigenvalue weighted by molar-refractivity contribution is 0.192. The molecule has 106 valence electrons. The second kappa shape index (κ2) is 6.51. The zero-order chi connectivity index (χ0) is 13.8. The first kappa shape index (κ1) is 14.5. The molecule has 0 spiro atoms. The zero-order valence-corrected chi connectivity index (χ0v) is 12.3. The van der Waals surface area contributed by atoms with Gasteiger partial charge < -0.3 is 5.32 Å². The smallest absolute Gasteiger partial charge is 0.123 e. The molecule has 0 aliphatic heterocycles. The van der Waals surface area contributed by atoms with E-state index in [4.69, 9.17) is 0 Å². The van der Waals surface area contributed by atoms with Crippen LogP contribution >= 0.6 is 0 Å². The predicted molar refractivity (Wildman–Crippen MR) is 78.7 cm³/mol. The minimum atomic E-state index is -0.104. The molecule has 0 radical (unpaired) electrons. The Morgan fingerprint density at radius 3 is 2.74 bits per heavy atom. The number of rotatable bonds is 4. The molecule has 1 fully saturated rings. The van der Waals surface area contributed by atoms with Crippen LogP contribution in [0.4, 0.5) is 4.39 Å². The molecule has 0 amide bonds. The van der Waals surface area contributed by atoms with Crippen LogP contribution in [-0.2, 0) is 0 Å². The molecule has 2 rings (SSSR count). The Morgan fingerprint density at radius 1 is 1.32 bits per heavy atom. The molecule has 3 unspecified atom stereocenters. The molecule has 1 N–H and O–H groups in total. The van der Waals surface area contributed by atoms with Crippen molar-refractivity contribution >= 4 is 0 Å². The first-order valence-electron chi connectivity index (χ1n) is 7.52. The van der Waals surface area contributed by atoms with E-state index in [0.29, 0.717) is 11.8 Å². The number of hydrogen-bond donors (Lipinski definition) is 1. The fourth-order valence-electron chi connectivity index (χ4n) is 3.52. The summed E-state index contributed by atoms with van der Waals surface area (Å²) in [6.45, 7) is 5.66. The first-order chi connectivity index (χ1) is 9.11.